The molecule has 1 aromatic rings. The molecule has 1 aliphatic rings. The number of rotatable bonds is 4. The average Bonchev–Trinajstić information content (AvgIpc) is 2.93. The summed E-state index contributed by atoms with van der Waals surface area (Å²) in [5, 5.41) is 11.3. The normalized spacial score (nSPS) is 16.8. The lowest BCUT2D eigenvalue weighted by molar-refractivity contribution is -0.126. The van der Waals surface area contributed by atoms with Crippen LogP contribution in [-0.2, 0) is 4.79 Å². The first-order chi connectivity index (χ1) is 9.22. The van der Waals surface area contributed by atoms with Crippen molar-refractivity contribution in [3.8, 4) is 6.07 Å². The Hall–Kier alpha value is -1.38. The summed E-state index contributed by atoms with van der Waals surface area (Å²) >= 11 is 3.40. The fourth-order valence-electron chi connectivity index (χ4n) is 2.40. The SMILES string of the molecule is N#CCNC(=O)C(c1ccc(Br)cc1)N1CCCC1. The molecule has 1 unspecified atom stereocenters. The lowest BCUT2D eigenvalue weighted by Gasteiger charge is -2.26. The Labute approximate surface area is 121 Å². The number of halogens is 1. The lowest BCUT2D eigenvalue weighted by atomic mass is 10.0. The van der Waals surface area contributed by atoms with E-state index in [1.54, 1.807) is 0 Å². The van der Waals surface area contributed by atoms with Crippen LogP contribution in [0.4, 0.5) is 0 Å². The first-order valence-corrected chi connectivity index (χ1v) is 7.16. The zero-order valence-electron chi connectivity index (χ0n) is 10.6. The smallest absolute Gasteiger partial charge is 0.242 e. The van der Waals surface area contributed by atoms with Gasteiger partial charge in [0.15, 0.2) is 0 Å². The number of nitriles is 1. The van der Waals surface area contributed by atoms with E-state index in [9.17, 15) is 4.79 Å². The van der Waals surface area contributed by atoms with Crippen LogP contribution in [0.15, 0.2) is 28.7 Å². The van der Waals surface area contributed by atoms with Crippen LogP contribution in [0.3, 0.4) is 0 Å². The third-order valence-electron chi connectivity index (χ3n) is 3.28. The molecular weight excluding hydrogens is 306 g/mol. The van der Waals surface area contributed by atoms with Gasteiger partial charge in [0.25, 0.3) is 0 Å². The van der Waals surface area contributed by atoms with Gasteiger partial charge in [-0.05, 0) is 43.6 Å². The summed E-state index contributed by atoms with van der Waals surface area (Å²) in [6, 6.07) is 9.45. The summed E-state index contributed by atoms with van der Waals surface area (Å²) in [6.07, 6.45) is 2.25. The number of benzene rings is 1. The van der Waals surface area contributed by atoms with Gasteiger partial charge in [-0.3, -0.25) is 9.69 Å². The van der Waals surface area contributed by atoms with Crippen LogP contribution in [0.2, 0.25) is 0 Å². The molecule has 1 heterocycles. The van der Waals surface area contributed by atoms with Crippen LogP contribution in [0.5, 0.6) is 0 Å². The fourth-order valence-corrected chi connectivity index (χ4v) is 2.66. The first kappa shape index (κ1) is 14.0. The van der Waals surface area contributed by atoms with Gasteiger partial charge in [0.05, 0.1) is 6.07 Å². The van der Waals surface area contributed by atoms with Gasteiger partial charge in [-0.15, -0.1) is 0 Å². The Kier molecular flexibility index (Phi) is 4.94. The molecule has 1 atom stereocenters. The van der Waals surface area contributed by atoms with E-state index in [-0.39, 0.29) is 18.5 Å². The van der Waals surface area contributed by atoms with E-state index < -0.39 is 0 Å². The molecule has 1 aliphatic heterocycles. The Balaban J connectivity index is 2.20. The van der Waals surface area contributed by atoms with Crippen LogP contribution in [-0.4, -0.2) is 30.4 Å². The summed E-state index contributed by atoms with van der Waals surface area (Å²) in [5.41, 5.74) is 0.973. The van der Waals surface area contributed by atoms with Gasteiger partial charge in [0, 0.05) is 4.47 Å². The van der Waals surface area contributed by atoms with Crippen molar-refractivity contribution < 1.29 is 4.79 Å². The molecule has 0 radical (unpaired) electrons. The fraction of sp³-hybridized carbons (Fsp3) is 0.429. The second-order valence-electron chi connectivity index (χ2n) is 4.57. The second kappa shape index (κ2) is 6.69. The van der Waals surface area contributed by atoms with Crippen molar-refractivity contribution in [1.82, 2.24) is 10.2 Å². The van der Waals surface area contributed by atoms with Crippen LogP contribution in [0.1, 0.15) is 24.4 Å². The molecule has 0 aromatic heterocycles. The van der Waals surface area contributed by atoms with E-state index in [0.29, 0.717) is 0 Å². The second-order valence-corrected chi connectivity index (χ2v) is 5.49. The molecular formula is C14H16BrN3O. The van der Waals surface area contributed by atoms with E-state index in [1.165, 1.54) is 0 Å². The van der Waals surface area contributed by atoms with Crippen LogP contribution in [0.25, 0.3) is 0 Å². The van der Waals surface area contributed by atoms with Crippen LogP contribution in [0, 0.1) is 11.3 Å². The zero-order chi connectivity index (χ0) is 13.7. The maximum Gasteiger partial charge on any atom is 0.242 e. The van der Waals surface area contributed by atoms with Crippen LogP contribution < -0.4 is 5.32 Å². The Bertz CT molecular complexity index is 474. The summed E-state index contributed by atoms with van der Waals surface area (Å²) in [5.74, 6) is -0.0919. The molecule has 1 saturated heterocycles. The van der Waals surface area contributed by atoms with Gasteiger partial charge in [0.1, 0.15) is 12.6 Å². The number of amides is 1. The van der Waals surface area contributed by atoms with Crippen molar-refractivity contribution in [3.63, 3.8) is 0 Å². The molecule has 1 amide bonds. The highest BCUT2D eigenvalue weighted by Gasteiger charge is 2.29. The minimum absolute atomic E-state index is 0.0553. The highest BCUT2D eigenvalue weighted by atomic mass is 79.9. The summed E-state index contributed by atoms with van der Waals surface area (Å²) in [7, 11) is 0. The molecule has 100 valence electrons. The lowest BCUT2D eigenvalue weighted by Crippen LogP contribution is -2.39. The number of likely N-dealkylation sites (tertiary alicyclic amines) is 1. The standard InChI is InChI=1S/C14H16BrN3O/c15-12-5-3-11(4-6-12)13(14(19)17-8-7-16)18-9-1-2-10-18/h3-6,13H,1-2,8-10H2,(H,17,19). The van der Waals surface area contributed by atoms with E-state index in [2.05, 4.69) is 26.1 Å². The summed E-state index contributed by atoms with van der Waals surface area (Å²) in [4.78, 5) is 14.4. The number of hydrogen-bond acceptors (Lipinski definition) is 3. The topological polar surface area (TPSA) is 56.1 Å². The van der Waals surface area contributed by atoms with Crippen molar-refractivity contribution in [2.24, 2.45) is 0 Å². The van der Waals surface area contributed by atoms with Gasteiger partial charge in [-0.25, -0.2) is 0 Å². The zero-order valence-corrected chi connectivity index (χ0v) is 12.2. The quantitative estimate of drug-likeness (QED) is 0.865. The van der Waals surface area contributed by atoms with E-state index in [4.69, 9.17) is 5.26 Å². The molecule has 1 aromatic carbocycles. The number of carbonyl (C=O) groups is 1. The van der Waals surface area contributed by atoms with Gasteiger partial charge >= 0.3 is 0 Å². The highest BCUT2D eigenvalue weighted by molar-refractivity contribution is 9.10. The molecule has 19 heavy (non-hydrogen) atoms. The summed E-state index contributed by atoms with van der Waals surface area (Å²) < 4.78 is 0.994. The van der Waals surface area contributed by atoms with Gasteiger partial charge < -0.3 is 5.32 Å². The van der Waals surface area contributed by atoms with Gasteiger partial charge in [0.2, 0.25) is 5.91 Å². The molecule has 5 heteroatoms. The molecule has 1 N–H and O–H groups in total. The highest BCUT2D eigenvalue weighted by Crippen LogP contribution is 2.26. The van der Waals surface area contributed by atoms with E-state index in [1.807, 2.05) is 30.3 Å². The Morgan fingerprint density at radius 2 is 2.00 bits per heavy atom. The summed E-state index contributed by atoms with van der Waals surface area (Å²) in [6.45, 7) is 1.92. The largest absolute Gasteiger partial charge is 0.341 e. The third-order valence-corrected chi connectivity index (χ3v) is 3.81. The molecule has 0 saturated carbocycles. The molecule has 2 rings (SSSR count). The van der Waals surface area contributed by atoms with Gasteiger partial charge in [-0.2, -0.15) is 5.26 Å². The van der Waals surface area contributed by atoms with Crippen molar-refractivity contribution >= 4 is 21.8 Å². The maximum absolute atomic E-state index is 12.3. The Morgan fingerprint density at radius 3 is 2.58 bits per heavy atom. The average molecular weight is 322 g/mol. The predicted molar refractivity (Wildman–Crippen MR) is 76.3 cm³/mol. The minimum atomic E-state index is -0.288. The molecule has 0 spiro atoms. The number of nitrogens with zero attached hydrogens (tertiary/aromatic N) is 2. The maximum atomic E-state index is 12.3. The van der Waals surface area contributed by atoms with Crippen molar-refractivity contribution in [1.29, 1.82) is 5.26 Å². The molecule has 4 nitrogen and oxygen atoms in total. The molecule has 0 aliphatic carbocycles. The van der Waals surface area contributed by atoms with Crippen molar-refractivity contribution in [2.45, 2.75) is 18.9 Å². The van der Waals surface area contributed by atoms with Gasteiger partial charge in [-0.1, -0.05) is 28.1 Å². The minimum Gasteiger partial charge on any atom is -0.341 e. The number of nitrogens with one attached hydrogen (secondary N) is 1. The number of carbonyl (C=O) groups excluding carboxylic acids is 1. The monoisotopic (exact) mass is 321 g/mol. The number of hydrogen-bond donors (Lipinski definition) is 1. The molecule has 1 fully saturated rings. The first-order valence-electron chi connectivity index (χ1n) is 6.36. The van der Waals surface area contributed by atoms with E-state index >= 15 is 0 Å². The molecule has 0 bridgehead atoms. The third kappa shape index (κ3) is 3.55. The predicted octanol–water partition coefficient (Wildman–Crippen LogP) is 2.23. The van der Waals surface area contributed by atoms with Crippen molar-refractivity contribution in [3.05, 3.63) is 34.3 Å². The van der Waals surface area contributed by atoms with Crippen LogP contribution >= 0.6 is 15.9 Å². The van der Waals surface area contributed by atoms with E-state index in [0.717, 1.165) is 36.0 Å². The van der Waals surface area contributed by atoms with Crippen molar-refractivity contribution in [2.75, 3.05) is 19.6 Å². The Morgan fingerprint density at radius 1 is 1.37 bits per heavy atom.